The van der Waals surface area contributed by atoms with Crippen molar-refractivity contribution in [2.75, 3.05) is 7.11 Å². The summed E-state index contributed by atoms with van der Waals surface area (Å²) in [6.45, 7) is 2.15. The van der Waals surface area contributed by atoms with Gasteiger partial charge in [0.05, 0.1) is 10.4 Å². The van der Waals surface area contributed by atoms with Crippen molar-refractivity contribution in [3.8, 4) is 0 Å². The molecule has 1 heterocycles. The molecule has 0 fully saturated rings. The summed E-state index contributed by atoms with van der Waals surface area (Å²) in [5, 5.41) is 12.0. The van der Waals surface area contributed by atoms with Gasteiger partial charge in [0, 0.05) is 30.5 Å². The second-order valence-electron chi connectivity index (χ2n) is 5.75. The molecule has 1 aromatic heterocycles. The van der Waals surface area contributed by atoms with E-state index in [0.29, 0.717) is 0 Å². The molecule has 2 aromatic carbocycles. The fraction of sp³-hybridized carbons (Fsp3) is 0.263. The first kappa shape index (κ1) is 16.2. The Morgan fingerprint density at radius 1 is 1.17 bits per heavy atom. The van der Waals surface area contributed by atoms with Crippen LogP contribution in [0, 0.1) is 10.1 Å². The van der Waals surface area contributed by atoms with Crippen LogP contribution in [0.5, 0.6) is 0 Å². The fourth-order valence-electron chi connectivity index (χ4n) is 3.11. The number of methoxy groups -OCH3 is 1. The Labute approximate surface area is 140 Å². The number of aromatic nitrogens is 1. The van der Waals surface area contributed by atoms with Crippen molar-refractivity contribution in [1.29, 1.82) is 0 Å². The average molecular weight is 324 g/mol. The van der Waals surface area contributed by atoms with Crippen molar-refractivity contribution in [2.24, 2.45) is 0 Å². The number of aryl methyl sites for hydroxylation is 1. The molecule has 0 aliphatic carbocycles. The number of nitro benzene ring substituents is 1. The van der Waals surface area contributed by atoms with Gasteiger partial charge in [-0.1, -0.05) is 31.5 Å². The summed E-state index contributed by atoms with van der Waals surface area (Å²) in [5.74, 6) is 0. The maximum absolute atomic E-state index is 10.9. The van der Waals surface area contributed by atoms with E-state index < -0.39 is 0 Å². The van der Waals surface area contributed by atoms with E-state index in [-0.39, 0.29) is 16.8 Å². The van der Waals surface area contributed by atoms with Crippen LogP contribution in [0.1, 0.15) is 30.8 Å². The summed E-state index contributed by atoms with van der Waals surface area (Å²) in [5.41, 5.74) is 3.27. The molecule has 5 heteroatoms. The van der Waals surface area contributed by atoms with Crippen molar-refractivity contribution in [2.45, 2.75) is 26.0 Å². The zero-order valence-electron chi connectivity index (χ0n) is 13.8. The Balaban J connectivity index is 2.11. The SMILES string of the molecule is CCCc1cc2ccccc2n1C(OC)c1ccc([N+](=O)[O-])cc1. The third kappa shape index (κ3) is 2.90. The molecule has 0 N–H and O–H groups in total. The van der Waals surface area contributed by atoms with Crippen molar-refractivity contribution in [3.63, 3.8) is 0 Å². The van der Waals surface area contributed by atoms with E-state index in [1.54, 1.807) is 19.2 Å². The molecule has 0 radical (unpaired) electrons. The average Bonchev–Trinajstić information content (AvgIpc) is 2.95. The van der Waals surface area contributed by atoms with Crippen molar-refractivity contribution in [3.05, 3.63) is 76.0 Å². The number of fused-ring (bicyclic) bond motifs is 1. The highest BCUT2D eigenvalue weighted by molar-refractivity contribution is 5.81. The summed E-state index contributed by atoms with van der Waals surface area (Å²) >= 11 is 0. The molecule has 3 aromatic rings. The number of non-ortho nitro benzene ring substituents is 1. The van der Waals surface area contributed by atoms with Crippen molar-refractivity contribution < 1.29 is 9.66 Å². The molecule has 5 nitrogen and oxygen atoms in total. The normalized spacial score (nSPS) is 12.4. The number of rotatable bonds is 6. The van der Waals surface area contributed by atoms with Gasteiger partial charge in [0.25, 0.3) is 5.69 Å². The Morgan fingerprint density at radius 2 is 1.88 bits per heavy atom. The lowest BCUT2D eigenvalue weighted by Gasteiger charge is -2.22. The maximum Gasteiger partial charge on any atom is 0.269 e. The van der Waals surface area contributed by atoms with Crippen LogP contribution in [0.15, 0.2) is 54.6 Å². The minimum atomic E-state index is -0.390. The summed E-state index contributed by atoms with van der Waals surface area (Å²) in [4.78, 5) is 10.5. The number of benzene rings is 2. The van der Waals surface area contributed by atoms with Crippen LogP contribution < -0.4 is 0 Å². The quantitative estimate of drug-likeness (QED) is 0.488. The second-order valence-corrected chi connectivity index (χ2v) is 5.75. The Bertz CT molecular complexity index is 853. The first-order valence-corrected chi connectivity index (χ1v) is 8.01. The molecule has 0 bridgehead atoms. The van der Waals surface area contributed by atoms with Crippen LogP contribution in [0.2, 0.25) is 0 Å². The molecule has 1 atom stereocenters. The van der Waals surface area contributed by atoms with E-state index in [9.17, 15) is 10.1 Å². The Morgan fingerprint density at radius 3 is 2.50 bits per heavy atom. The topological polar surface area (TPSA) is 57.3 Å². The summed E-state index contributed by atoms with van der Waals surface area (Å²) in [6, 6.07) is 17.0. The molecule has 24 heavy (non-hydrogen) atoms. The number of hydrogen-bond acceptors (Lipinski definition) is 3. The number of hydrogen-bond donors (Lipinski definition) is 0. The number of para-hydroxylation sites is 1. The van der Waals surface area contributed by atoms with Crippen LogP contribution in [-0.4, -0.2) is 16.6 Å². The molecule has 3 rings (SSSR count). The van der Waals surface area contributed by atoms with Gasteiger partial charge in [-0.2, -0.15) is 0 Å². The molecule has 0 amide bonds. The highest BCUT2D eigenvalue weighted by Gasteiger charge is 2.19. The van der Waals surface area contributed by atoms with Crippen LogP contribution in [0.3, 0.4) is 0 Å². The lowest BCUT2D eigenvalue weighted by Crippen LogP contribution is -2.15. The van der Waals surface area contributed by atoms with E-state index >= 15 is 0 Å². The molecular weight excluding hydrogens is 304 g/mol. The summed E-state index contributed by atoms with van der Waals surface area (Å²) < 4.78 is 7.95. The van der Waals surface area contributed by atoms with Gasteiger partial charge < -0.3 is 9.30 Å². The first-order chi connectivity index (χ1) is 11.7. The van der Waals surface area contributed by atoms with Gasteiger partial charge >= 0.3 is 0 Å². The third-order valence-electron chi connectivity index (χ3n) is 4.18. The second kappa shape index (κ2) is 6.84. The van der Waals surface area contributed by atoms with Gasteiger partial charge in [-0.15, -0.1) is 0 Å². The van der Waals surface area contributed by atoms with Crippen LogP contribution >= 0.6 is 0 Å². The Kier molecular flexibility index (Phi) is 4.62. The monoisotopic (exact) mass is 324 g/mol. The number of nitrogens with zero attached hydrogens (tertiary/aromatic N) is 2. The van der Waals surface area contributed by atoms with Crippen molar-refractivity contribution >= 4 is 16.6 Å². The van der Waals surface area contributed by atoms with Crippen LogP contribution in [0.4, 0.5) is 5.69 Å². The molecule has 0 saturated heterocycles. The molecule has 1 unspecified atom stereocenters. The van der Waals surface area contributed by atoms with Crippen molar-refractivity contribution in [1.82, 2.24) is 4.57 Å². The first-order valence-electron chi connectivity index (χ1n) is 8.01. The summed E-state index contributed by atoms with van der Waals surface area (Å²) in [6.07, 6.45) is 1.67. The number of ether oxygens (including phenoxy) is 1. The van der Waals surface area contributed by atoms with Gasteiger partial charge in [0.15, 0.2) is 6.23 Å². The molecule has 0 aliphatic heterocycles. The van der Waals surface area contributed by atoms with E-state index in [1.807, 2.05) is 12.1 Å². The van der Waals surface area contributed by atoms with Gasteiger partial charge in [0.2, 0.25) is 0 Å². The van der Waals surface area contributed by atoms with Gasteiger partial charge in [-0.05, 0) is 36.1 Å². The summed E-state index contributed by atoms with van der Waals surface area (Å²) in [7, 11) is 1.66. The zero-order valence-corrected chi connectivity index (χ0v) is 13.8. The van der Waals surface area contributed by atoms with E-state index in [2.05, 4.69) is 29.7 Å². The standard InChI is InChI=1S/C19H20N2O3/c1-3-6-17-13-15-7-4-5-8-18(15)20(17)19(24-2)14-9-11-16(12-10-14)21(22)23/h4-5,7-13,19H,3,6H2,1-2H3. The molecule has 0 aliphatic rings. The van der Waals surface area contributed by atoms with Gasteiger partial charge in [0.1, 0.15) is 0 Å². The van der Waals surface area contributed by atoms with Crippen LogP contribution in [-0.2, 0) is 11.2 Å². The largest absolute Gasteiger partial charge is 0.357 e. The molecule has 0 spiro atoms. The highest BCUT2D eigenvalue weighted by atomic mass is 16.6. The molecule has 0 saturated carbocycles. The van der Waals surface area contributed by atoms with E-state index in [4.69, 9.17) is 4.74 Å². The third-order valence-corrected chi connectivity index (χ3v) is 4.18. The lowest BCUT2D eigenvalue weighted by atomic mass is 10.1. The Hall–Kier alpha value is -2.66. The molecular formula is C19H20N2O3. The smallest absolute Gasteiger partial charge is 0.269 e. The minimum absolute atomic E-state index is 0.0831. The predicted molar refractivity (Wildman–Crippen MR) is 94.2 cm³/mol. The molecule has 124 valence electrons. The maximum atomic E-state index is 10.9. The van der Waals surface area contributed by atoms with Gasteiger partial charge in [-0.25, -0.2) is 0 Å². The lowest BCUT2D eigenvalue weighted by molar-refractivity contribution is -0.384. The fourth-order valence-corrected chi connectivity index (χ4v) is 3.11. The van der Waals surface area contributed by atoms with Crippen LogP contribution in [0.25, 0.3) is 10.9 Å². The highest BCUT2D eigenvalue weighted by Crippen LogP contribution is 2.30. The zero-order chi connectivity index (χ0) is 17.1. The van der Waals surface area contributed by atoms with E-state index in [0.717, 1.165) is 23.9 Å². The minimum Gasteiger partial charge on any atom is -0.357 e. The number of nitro groups is 1. The van der Waals surface area contributed by atoms with Gasteiger partial charge in [-0.3, -0.25) is 10.1 Å². The van der Waals surface area contributed by atoms with E-state index in [1.165, 1.54) is 23.2 Å². The predicted octanol–water partition coefficient (Wildman–Crippen LogP) is 4.70.